The lowest BCUT2D eigenvalue weighted by Gasteiger charge is -2.16. The Hall–Kier alpha value is -1.39. The van der Waals surface area contributed by atoms with Gasteiger partial charge in [0.1, 0.15) is 6.54 Å². The molecule has 1 aromatic heterocycles. The smallest absolute Gasteiger partial charge is 0.260 e. The van der Waals surface area contributed by atoms with E-state index in [1.807, 2.05) is 13.0 Å². The molecule has 0 amide bonds. The molecule has 0 atom stereocenters. The third kappa shape index (κ3) is 2.55. The number of aromatic amines is 1. The van der Waals surface area contributed by atoms with Gasteiger partial charge in [0.2, 0.25) is 0 Å². The van der Waals surface area contributed by atoms with Gasteiger partial charge in [0.05, 0.1) is 12.3 Å². The van der Waals surface area contributed by atoms with Gasteiger partial charge in [0, 0.05) is 6.54 Å². The topological polar surface area (TPSA) is 89.8 Å². The first kappa shape index (κ1) is 11.7. The summed E-state index contributed by atoms with van der Waals surface area (Å²) in [5, 5.41) is 14.5. The summed E-state index contributed by atoms with van der Waals surface area (Å²) in [6.07, 6.45) is 2.03. The molecule has 0 aliphatic heterocycles. The van der Waals surface area contributed by atoms with E-state index in [2.05, 4.69) is 10.2 Å². The zero-order chi connectivity index (χ0) is 11.3. The number of nitrogens with zero attached hydrogens (tertiary/aromatic N) is 3. The molecule has 0 radical (unpaired) electrons. The maximum atomic E-state index is 11.9. The van der Waals surface area contributed by atoms with Crippen molar-refractivity contribution in [2.75, 3.05) is 13.1 Å². The first-order valence-electron chi connectivity index (χ1n) is 4.49. The summed E-state index contributed by atoms with van der Waals surface area (Å²) in [6, 6.07) is 3.20. The summed E-state index contributed by atoms with van der Waals surface area (Å²) in [5.74, 6) is 0. The third-order valence-corrected chi connectivity index (χ3v) is 3.59. The van der Waals surface area contributed by atoms with Gasteiger partial charge in [-0.25, -0.2) is 8.42 Å². The number of hydrogen-bond donors (Lipinski definition) is 1. The second-order valence-electron chi connectivity index (χ2n) is 2.92. The van der Waals surface area contributed by atoms with Crippen LogP contribution in [0.5, 0.6) is 0 Å². The molecule has 15 heavy (non-hydrogen) atoms. The molecule has 82 valence electrons. The van der Waals surface area contributed by atoms with Gasteiger partial charge in [-0.1, -0.05) is 6.92 Å². The number of sulfonamides is 1. The molecule has 1 rings (SSSR count). The average molecular weight is 228 g/mol. The van der Waals surface area contributed by atoms with Crippen molar-refractivity contribution < 1.29 is 8.42 Å². The number of nitrogens with one attached hydrogen (secondary N) is 1. The lowest BCUT2D eigenvalue weighted by Crippen LogP contribution is -2.32. The van der Waals surface area contributed by atoms with E-state index in [-0.39, 0.29) is 11.6 Å². The maximum Gasteiger partial charge on any atom is 0.260 e. The highest BCUT2D eigenvalue weighted by molar-refractivity contribution is 7.89. The Labute approximate surface area is 88.6 Å². The summed E-state index contributed by atoms with van der Waals surface area (Å²) < 4.78 is 24.9. The Balaban J connectivity index is 2.97. The van der Waals surface area contributed by atoms with Gasteiger partial charge in [-0.3, -0.25) is 5.10 Å². The summed E-state index contributed by atoms with van der Waals surface area (Å²) in [6.45, 7) is 2.04. The van der Waals surface area contributed by atoms with Gasteiger partial charge < -0.3 is 0 Å². The van der Waals surface area contributed by atoms with Crippen LogP contribution in [0.3, 0.4) is 0 Å². The van der Waals surface area contributed by atoms with Crippen LogP contribution in [0, 0.1) is 11.3 Å². The number of nitriles is 1. The molecule has 0 bridgehead atoms. The fourth-order valence-electron chi connectivity index (χ4n) is 1.14. The zero-order valence-corrected chi connectivity index (χ0v) is 9.16. The Morgan fingerprint density at radius 2 is 2.40 bits per heavy atom. The SMILES string of the molecule is CCCN(CC#N)S(=O)(=O)c1ccn[nH]1. The molecule has 0 saturated carbocycles. The highest BCUT2D eigenvalue weighted by atomic mass is 32.2. The fraction of sp³-hybridized carbons (Fsp3) is 0.500. The van der Waals surface area contributed by atoms with Crippen LogP contribution in [0.1, 0.15) is 13.3 Å². The lowest BCUT2D eigenvalue weighted by molar-refractivity contribution is 0.441. The van der Waals surface area contributed by atoms with E-state index in [1.165, 1.54) is 12.3 Å². The quantitative estimate of drug-likeness (QED) is 0.735. The first-order valence-corrected chi connectivity index (χ1v) is 5.93. The van der Waals surface area contributed by atoms with Gasteiger partial charge in [-0.15, -0.1) is 0 Å². The molecule has 0 aliphatic rings. The van der Waals surface area contributed by atoms with Crippen LogP contribution < -0.4 is 0 Å². The largest absolute Gasteiger partial charge is 0.266 e. The maximum absolute atomic E-state index is 11.9. The minimum atomic E-state index is -3.59. The van der Waals surface area contributed by atoms with Crippen LogP contribution in [-0.4, -0.2) is 36.0 Å². The second kappa shape index (κ2) is 4.91. The monoisotopic (exact) mass is 228 g/mol. The van der Waals surface area contributed by atoms with Crippen molar-refractivity contribution in [2.45, 2.75) is 18.4 Å². The van der Waals surface area contributed by atoms with Crippen LogP contribution in [0.25, 0.3) is 0 Å². The zero-order valence-electron chi connectivity index (χ0n) is 8.34. The van der Waals surface area contributed by atoms with E-state index in [1.54, 1.807) is 0 Å². The third-order valence-electron chi connectivity index (χ3n) is 1.81. The van der Waals surface area contributed by atoms with Crippen molar-refractivity contribution in [1.82, 2.24) is 14.5 Å². The summed E-state index contributed by atoms with van der Waals surface area (Å²) in [5.41, 5.74) is 0. The molecule has 7 heteroatoms. The highest BCUT2D eigenvalue weighted by Crippen LogP contribution is 2.11. The van der Waals surface area contributed by atoms with E-state index in [4.69, 9.17) is 5.26 Å². The Kier molecular flexibility index (Phi) is 3.82. The van der Waals surface area contributed by atoms with Crippen molar-refractivity contribution >= 4 is 10.0 Å². The predicted octanol–water partition coefficient (Wildman–Crippen LogP) is 0.334. The van der Waals surface area contributed by atoms with Gasteiger partial charge in [0.15, 0.2) is 5.03 Å². The summed E-state index contributed by atoms with van der Waals surface area (Å²) in [7, 11) is -3.59. The van der Waals surface area contributed by atoms with Crippen molar-refractivity contribution in [3.63, 3.8) is 0 Å². The van der Waals surface area contributed by atoms with E-state index >= 15 is 0 Å². The van der Waals surface area contributed by atoms with Crippen molar-refractivity contribution in [1.29, 1.82) is 5.26 Å². The molecule has 0 spiro atoms. The Bertz CT molecular complexity index is 432. The Morgan fingerprint density at radius 3 is 2.87 bits per heavy atom. The fourth-order valence-corrected chi connectivity index (χ4v) is 2.47. The van der Waals surface area contributed by atoms with E-state index in [0.717, 1.165) is 4.31 Å². The number of rotatable bonds is 5. The standard InChI is InChI=1S/C8H12N4O2S/c1-2-6-12(7-4-9)15(13,14)8-3-5-10-11-8/h3,5H,2,6-7H2,1H3,(H,10,11). The average Bonchev–Trinajstić information content (AvgIpc) is 2.70. The first-order chi connectivity index (χ1) is 7.12. The molecular weight excluding hydrogens is 216 g/mol. The highest BCUT2D eigenvalue weighted by Gasteiger charge is 2.24. The molecule has 0 aliphatic carbocycles. The number of H-pyrrole nitrogens is 1. The summed E-state index contributed by atoms with van der Waals surface area (Å²) >= 11 is 0. The van der Waals surface area contributed by atoms with Crippen LogP contribution in [0.4, 0.5) is 0 Å². The number of aromatic nitrogens is 2. The molecule has 0 saturated heterocycles. The normalized spacial score (nSPS) is 11.5. The van der Waals surface area contributed by atoms with Crippen LogP contribution >= 0.6 is 0 Å². The van der Waals surface area contributed by atoms with Gasteiger partial charge in [0.25, 0.3) is 10.0 Å². The van der Waals surface area contributed by atoms with Crippen LogP contribution in [0.2, 0.25) is 0 Å². The molecule has 1 N–H and O–H groups in total. The van der Waals surface area contributed by atoms with Crippen LogP contribution in [0.15, 0.2) is 17.3 Å². The minimum absolute atomic E-state index is 0.0196. The van der Waals surface area contributed by atoms with Gasteiger partial charge in [-0.05, 0) is 12.5 Å². The molecular formula is C8H12N4O2S. The van der Waals surface area contributed by atoms with Gasteiger partial charge >= 0.3 is 0 Å². The number of hydrogen-bond acceptors (Lipinski definition) is 4. The van der Waals surface area contributed by atoms with E-state index < -0.39 is 10.0 Å². The lowest BCUT2D eigenvalue weighted by atomic mass is 10.5. The summed E-state index contributed by atoms with van der Waals surface area (Å²) in [4.78, 5) is 0. The van der Waals surface area contributed by atoms with Crippen molar-refractivity contribution in [3.8, 4) is 6.07 Å². The van der Waals surface area contributed by atoms with Gasteiger partial charge in [-0.2, -0.15) is 14.7 Å². The second-order valence-corrected chi connectivity index (χ2v) is 4.82. The molecule has 1 heterocycles. The van der Waals surface area contributed by atoms with Crippen molar-refractivity contribution in [3.05, 3.63) is 12.3 Å². The molecule has 1 aromatic rings. The molecule has 0 aromatic carbocycles. The minimum Gasteiger partial charge on any atom is -0.266 e. The molecule has 0 unspecified atom stereocenters. The molecule has 6 nitrogen and oxygen atoms in total. The van der Waals surface area contributed by atoms with Crippen LogP contribution in [-0.2, 0) is 10.0 Å². The molecule has 0 fully saturated rings. The predicted molar refractivity (Wildman–Crippen MR) is 53.3 cm³/mol. The van der Waals surface area contributed by atoms with E-state index in [0.29, 0.717) is 13.0 Å². The Morgan fingerprint density at radius 1 is 1.67 bits per heavy atom. The van der Waals surface area contributed by atoms with E-state index in [9.17, 15) is 8.42 Å². The van der Waals surface area contributed by atoms with Crippen molar-refractivity contribution in [2.24, 2.45) is 0 Å².